The fourth-order valence-electron chi connectivity index (χ4n) is 2.59. The van der Waals surface area contributed by atoms with E-state index in [-0.39, 0.29) is 10.8 Å². The Morgan fingerprint density at radius 3 is 2.29 bits per heavy atom. The van der Waals surface area contributed by atoms with Crippen LogP contribution in [0.4, 0.5) is 0 Å². The lowest BCUT2D eigenvalue weighted by Crippen LogP contribution is -2.51. The van der Waals surface area contributed by atoms with Gasteiger partial charge >= 0.3 is 5.97 Å². The molecule has 0 heterocycles. The Bertz CT molecular complexity index is 250. The van der Waals surface area contributed by atoms with Crippen LogP contribution < -0.4 is 5.73 Å². The van der Waals surface area contributed by atoms with Crippen molar-refractivity contribution in [1.29, 1.82) is 0 Å². The van der Waals surface area contributed by atoms with Crippen LogP contribution in [0.3, 0.4) is 0 Å². The summed E-state index contributed by atoms with van der Waals surface area (Å²) in [5.41, 5.74) is 5.52. The van der Waals surface area contributed by atoms with Gasteiger partial charge in [0.2, 0.25) is 0 Å². The molecule has 82 valence electrons. The summed E-state index contributed by atoms with van der Waals surface area (Å²) in [6.07, 6.45) is 1.99. The summed E-state index contributed by atoms with van der Waals surface area (Å²) < 4.78 is 0. The Kier molecular flexibility index (Phi) is 2.65. The SMILES string of the molecule is C[C@H]1CC[C@@](C)([C@@H](N)C(=O)O)C1(C)C. The van der Waals surface area contributed by atoms with Crippen molar-refractivity contribution in [3.8, 4) is 0 Å². The van der Waals surface area contributed by atoms with Gasteiger partial charge in [0.05, 0.1) is 0 Å². The first-order valence-electron chi connectivity index (χ1n) is 5.22. The maximum Gasteiger partial charge on any atom is 0.321 e. The molecular formula is C11H21NO2. The fourth-order valence-corrected chi connectivity index (χ4v) is 2.59. The van der Waals surface area contributed by atoms with Crippen LogP contribution in [0.25, 0.3) is 0 Å². The topological polar surface area (TPSA) is 63.3 Å². The van der Waals surface area contributed by atoms with Crippen LogP contribution in [-0.2, 0) is 4.79 Å². The highest BCUT2D eigenvalue weighted by atomic mass is 16.4. The molecule has 14 heavy (non-hydrogen) atoms. The second kappa shape index (κ2) is 3.23. The number of carboxylic acid groups (broad SMARTS) is 1. The second-order valence-corrected chi connectivity index (χ2v) is 5.39. The van der Waals surface area contributed by atoms with Gasteiger partial charge in [-0.1, -0.05) is 27.7 Å². The molecular weight excluding hydrogens is 178 g/mol. The van der Waals surface area contributed by atoms with Gasteiger partial charge < -0.3 is 10.8 Å². The summed E-state index contributed by atoms with van der Waals surface area (Å²) in [7, 11) is 0. The quantitative estimate of drug-likeness (QED) is 0.713. The van der Waals surface area contributed by atoms with Crippen molar-refractivity contribution in [2.75, 3.05) is 0 Å². The molecule has 0 saturated heterocycles. The maximum absolute atomic E-state index is 11.0. The minimum absolute atomic E-state index is 0.00477. The van der Waals surface area contributed by atoms with Gasteiger partial charge in [0.15, 0.2) is 0 Å². The molecule has 1 aliphatic carbocycles. The van der Waals surface area contributed by atoms with Gasteiger partial charge in [0.25, 0.3) is 0 Å². The molecule has 0 unspecified atom stereocenters. The number of aliphatic carboxylic acids is 1. The standard InChI is InChI=1S/C11H21NO2/c1-7-5-6-11(4,10(7,2)3)8(12)9(13)14/h7-8H,5-6,12H2,1-4H3,(H,13,14)/t7-,8-,11-/m0/s1. The molecule has 1 rings (SSSR count). The predicted octanol–water partition coefficient (Wildman–Crippen LogP) is 1.86. The zero-order valence-electron chi connectivity index (χ0n) is 9.50. The number of hydrogen-bond acceptors (Lipinski definition) is 2. The molecule has 0 aromatic heterocycles. The average molecular weight is 199 g/mol. The molecule has 0 radical (unpaired) electrons. The third-order valence-electron chi connectivity index (χ3n) is 4.75. The number of carbonyl (C=O) groups is 1. The second-order valence-electron chi connectivity index (χ2n) is 5.39. The van der Waals surface area contributed by atoms with E-state index >= 15 is 0 Å². The lowest BCUT2D eigenvalue weighted by atomic mass is 9.62. The molecule has 0 aliphatic heterocycles. The first kappa shape index (κ1) is 11.5. The first-order chi connectivity index (χ1) is 6.23. The molecule has 0 aromatic carbocycles. The van der Waals surface area contributed by atoms with Crippen molar-refractivity contribution < 1.29 is 9.90 Å². The number of hydrogen-bond donors (Lipinski definition) is 2. The lowest BCUT2D eigenvalue weighted by molar-refractivity contribution is -0.144. The van der Waals surface area contributed by atoms with Crippen LogP contribution >= 0.6 is 0 Å². The van der Waals surface area contributed by atoms with E-state index in [2.05, 4.69) is 20.8 Å². The van der Waals surface area contributed by atoms with Gasteiger partial charge in [-0.2, -0.15) is 0 Å². The smallest absolute Gasteiger partial charge is 0.321 e. The van der Waals surface area contributed by atoms with Crippen LogP contribution in [0.1, 0.15) is 40.5 Å². The van der Waals surface area contributed by atoms with Gasteiger partial charge in [-0.3, -0.25) is 4.79 Å². The van der Waals surface area contributed by atoms with Gasteiger partial charge in [0.1, 0.15) is 6.04 Å². The third kappa shape index (κ3) is 1.34. The van der Waals surface area contributed by atoms with E-state index in [1.165, 1.54) is 0 Å². The van der Waals surface area contributed by atoms with Crippen LogP contribution in [0.2, 0.25) is 0 Å². The molecule has 0 amide bonds. The summed E-state index contributed by atoms with van der Waals surface area (Å²) in [6, 6.07) is -0.748. The summed E-state index contributed by atoms with van der Waals surface area (Å²) in [4.78, 5) is 11.0. The third-order valence-corrected chi connectivity index (χ3v) is 4.75. The molecule has 0 spiro atoms. The molecule has 1 saturated carbocycles. The summed E-state index contributed by atoms with van der Waals surface area (Å²) in [5.74, 6) is -0.340. The van der Waals surface area contributed by atoms with Crippen molar-refractivity contribution in [2.24, 2.45) is 22.5 Å². The molecule has 0 bridgehead atoms. The molecule has 0 aromatic rings. The fraction of sp³-hybridized carbons (Fsp3) is 0.909. The average Bonchev–Trinajstić information content (AvgIpc) is 2.29. The molecule has 1 fully saturated rings. The van der Waals surface area contributed by atoms with E-state index in [9.17, 15) is 4.79 Å². The lowest BCUT2D eigenvalue weighted by Gasteiger charge is -2.43. The van der Waals surface area contributed by atoms with Crippen molar-refractivity contribution >= 4 is 5.97 Å². The monoisotopic (exact) mass is 199 g/mol. The largest absolute Gasteiger partial charge is 0.480 e. The van der Waals surface area contributed by atoms with Gasteiger partial charge in [-0.15, -0.1) is 0 Å². The van der Waals surface area contributed by atoms with Crippen molar-refractivity contribution in [2.45, 2.75) is 46.6 Å². The number of nitrogens with two attached hydrogens (primary N) is 1. The highest BCUT2D eigenvalue weighted by molar-refractivity contribution is 5.74. The predicted molar refractivity (Wildman–Crippen MR) is 55.9 cm³/mol. The number of rotatable bonds is 2. The Morgan fingerprint density at radius 1 is 1.50 bits per heavy atom. The van der Waals surface area contributed by atoms with Gasteiger partial charge in [-0.25, -0.2) is 0 Å². The van der Waals surface area contributed by atoms with E-state index in [1.807, 2.05) is 6.92 Å². The molecule has 3 heteroatoms. The van der Waals surface area contributed by atoms with Crippen LogP contribution in [0.5, 0.6) is 0 Å². The molecule has 3 atom stereocenters. The van der Waals surface area contributed by atoms with E-state index in [0.717, 1.165) is 12.8 Å². The van der Waals surface area contributed by atoms with E-state index in [1.54, 1.807) is 0 Å². The van der Waals surface area contributed by atoms with Crippen molar-refractivity contribution in [3.05, 3.63) is 0 Å². The highest BCUT2D eigenvalue weighted by Gasteiger charge is 2.54. The summed E-state index contributed by atoms with van der Waals surface area (Å²) in [6.45, 7) is 8.45. The normalized spacial score (nSPS) is 38.2. The van der Waals surface area contributed by atoms with E-state index in [0.29, 0.717) is 5.92 Å². The first-order valence-corrected chi connectivity index (χ1v) is 5.22. The van der Waals surface area contributed by atoms with Crippen LogP contribution in [0, 0.1) is 16.7 Å². The number of carboxylic acids is 1. The zero-order valence-corrected chi connectivity index (χ0v) is 9.50. The zero-order chi connectivity index (χ0) is 11.1. The van der Waals surface area contributed by atoms with E-state index < -0.39 is 12.0 Å². The summed E-state index contributed by atoms with van der Waals surface area (Å²) in [5, 5.41) is 9.00. The molecule has 3 nitrogen and oxygen atoms in total. The molecule has 3 N–H and O–H groups in total. The Morgan fingerprint density at radius 2 is 2.00 bits per heavy atom. The summed E-state index contributed by atoms with van der Waals surface area (Å²) >= 11 is 0. The van der Waals surface area contributed by atoms with Crippen molar-refractivity contribution in [1.82, 2.24) is 0 Å². The molecule has 1 aliphatic rings. The highest BCUT2D eigenvalue weighted by Crippen LogP contribution is 2.56. The maximum atomic E-state index is 11.0. The van der Waals surface area contributed by atoms with Crippen LogP contribution in [-0.4, -0.2) is 17.1 Å². The van der Waals surface area contributed by atoms with E-state index in [4.69, 9.17) is 10.8 Å². The Labute approximate surface area is 85.7 Å². The Balaban J connectivity index is 3.01. The Hall–Kier alpha value is -0.570. The van der Waals surface area contributed by atoms with Gasteiger partial charge in [-0.05, 0) is 29.6 Å². The minimum Gasteiger partial charge on any atom is -0.480 e. The van der Waals surface area contributed by atoms with Crippen molar-refractivity contribution in [3.63, 3.8) is 0 Å². The minimum atomic E-state index is -0.880. The van der Waals surface area contributed by atoms with Gasteiger partial charge in [0, 0.05) is 0 Å². The van der Waals surface area contributed by atoms with Crippen LogP contribution in [0.15, 0.2) is 0 Å².